The van der Waals surface area contributed by atoms with Gasteiger partial charge in [0.15, 0.2) is 5.82 Å². The Morgan fingerprint density at radius 3 is 2.61 bits per heavy atom. The van der Waals surface area contributed by atoms with Crippen LogP contribution in [0.25, 0.3) is 16.8 Å². The molecule has 96 valence electrons. The summed E-state index contributed by atoms with van der Waals surface area (Å²) >= 11 is 1.73. The SMILES string of the molecule is C=Cn1nc(-c2ccc(C)s2)cc1/N=C\C.CC. The second kappa shape index (κ2) is 6.91. The highest BCUT2D eigenvalue weighted by Gasteiger charge is 2.08. The second-order valence-electron chi connectivity index (χ2n) is 3.31. The summed E-state index contributed by atoms with van der Waals surface area (Å²) < 4.78 is 1.68. The van der Waals surface area contributed by atoms with E-state index < -0.39 is 0 Å². The van der Waals surface area contributed by atoms with E-state index in [4.69, 9.17) is 0 Å². The summed E-state index contributed by atoms with van der Waals surface area (Å²) in [7, 11) is 0. The van der Waals surface area contributed by atoms with Crippen molar-refractivity contribution in [2.75, 3.05) is 0 Å². The Kier molecular flexibility index (Phi) is 5.52. The fourth-order valence-electron chi connectivity index (χ4n) is 1.44. The molecule has 3 nitrogen and oxygen atoms in total. The number of aryl methyl sites for hydroxylation is 1. The average molecular weight is 261 g/mol. The molecule has 2 heterocycles. The van der Waals surface area contributed by atoms with Gasteiger partial charge in [-0.05, 0) is 26.0 Å². The predicted molar refractivity (Wildman–Crippen MR) is 81.8 cm³/mol. The molecule has 0 radical (unpaired) electrons. The van der Waals surface area contributed by atoms with Gasteiger partial charge in [-0.3, -0.25) is 0 Å². The highest BCUT2D eigenvalue weighted by Crippen LogP contribution is 2.29. The molecular formula is C14H19N3S. The molecule has 18 heavy (non-hydrogen) atoms. The summed E-state index contributed by atoms with van der Waals surface area (Å²) in [5.74, 6) is 0.804. The smallest absolute Gasteiger partial charge is 0.155 e. The summed E-state index contributed by atoms with van der Waals surface area (Å²) in [5.41, 5.74) is 0.943. The minimum atomic E-state index is 0.804. The van der Waals surface area contributed by atoms with E-state index in [-0.39, 0.29) is 0 Å². The van der Waals surface area contributed by atoms with Crippen LogP contribution in [0, 0.1) is 6.92 Å². The first-order valence-electron chi connectivity index (χ1n) is 6.02. The number of rotatable bonds is 3. The van der Waals surface area contributed by atoms with Crippen LogP contribution in [-0.2, 0) is 0 Å². The molecular weight excluding hydrogens is 242 g/mol. The van der Waals surface area contributed by atoms with Gasteiger partial charge in [-0.15, -0.1) is 11.3 Å². The summed E-state index contributed by atoms with van der Waals surface area (Å²) in [6, 6.07) is 6.14. The Labute approximate surface area is 113 Å². The zero-order valence-corrected chi connectivity index (χ0v) is 12.2. The molecule has 0 saturated heterocycles. The summed E-state index contributed by atoms with van der Waals surface area (Å²) in [4.78, 5) is 6.68. The minimum Gasteiger partial charge on any atom is -0.242 e. The molecule has 0 bridgehead atoms. The number of aromatic nitrogens is 2. The van der Waals surface area contributed by atoms with E-state index in [0.717, 1.165) is 16.4 Å². The summed E-state index contributed by atoms with van der Waals surface area (Å²) in [6.07, 6.45) is 3.41. The maximum absolute atomic E-state index is 4.43. The lowest BCUT2D eigenvalue weighted by Gasteiger charge is -1.92. The molecule has 2 aromatic heterocycles. The van der Waals surface area contributed by atoms with Crippen molar-refractivity contribution in [2.24, 2.45) is 4.99 Å². The summed E-state index contributed by atoms with van der Waals surface area (Å²) in [6.45, 7) is 11.7. The molecule has 4 heteroatoms. The molecule has 0 aliphatic carbocycles. The number of thiophene rings is 1. The van der Waals surface area contributed by atoms with Crippen LogP contribution in [-0.4, -0.2) is 16.0 Å². The van der Waals surface area contributed by atoms with Crippen LogP contribution < -0.4 is 0 Å². The normalized spacial score (nSPS) is 10.2. The van der Waals surface area contributed by atoms with Gasteiger partial charge in [-0.1, -0.05) is 20.4 Å². The number of hydrogen-bond donors (Lipinski definition) is 0. The molecule has 0 saturated carbocycles. The third-order valence-corrected chi connectivity index (χ3v) is 3.17. The monoisotopic (exact) mass is 261 g/mol. The van der Waals surface area contributed by atoms with Crippen LogP contribution >= 0.6 is 11.3 Å². The number of aliphatic imine (C=N–C) groups is 1. The van der Waals surface area contributed by atoms with Gasteiger partial charge >= 0.3 is 0 Å². The van der Waals surface area contributed by atoms with Gasteiger partial charge < -0.3 is 0 Å². The van der Waals surface area contributed by atoms with E-state index in [1.165, 1.54) is 4.88 Å². The van der Waals surface area contributed by atoms with Crippen LogP contribution in [0.4, 0.5) is 5.82 Å². The van der Waals surface area contributed by atoms with Crippen molar-refractivity contribution in [1.82, 2.24) is 9.78 Å². The molecule has 0 unspecified atom stereocenters. The van der Waals surface area contributed by atoms with Gasteiger partial charge in [0.2, 0.25) is 0 Å². The first-order chi connectivity index (χ1) is 8.74. The van der Waals surface area contributed by atoms with Gasteiger partial charge in [0.1, 0.15) is 5.69 Å². The molecule has 2 aromatic rings. The number of nitrogens with zero attached hydrogens (tertiary/aromatic N) is 3. The van der Waals surface area contributed by atoms with Gasteiger partial charge in [-0.2, -0.15) is 5.10 Å². The van der Waals surface area contributed by atoms with E-state index in [1.807, 2.05) is 26.8 Å². The summed E-state index contributed by atoms with van der Waals surface area (Å²) in [5, 5.41) is 4.43. The number of hydrogen-bond acceptors (Lipinski definition) is 3. The molecule has 0 spiro atoms. The molecule has 0 aliphatic rings. The Hall–Kier alpha value is -1.68. The van der Waals surface area contributed by atoms with E-state index in [1.54, 1.807) is 28.4 Å². The Morgan fingerprint density at radius 1 is 1.39 bits per heavy atom. The van der Waals surface area contributed by atoms with E-state index in [9.17, 15) is 0 Å². The van der Waals surface area contributed by atoms with Gasteiger partial charge in [-0.25, -0.2) is 9.67 Å². The molecule has 0 aliphatic heterocycles. The van der Waals surface area contributed by atoms with E-state index in [0.29, 0.717) is 0 Å². The first kappa shape index (κ1) is 14.4. The van der Waals surface area contributed by atoms with Crippen molar-refractivity contribution in [3.63, 3.8) is 0 Å². The van der Waals surface area contributed by atoms with Crippen molar-refractivity contribution in [3.05, 3.63) is 29.7 Å². The topological polar surface area (TPSA) is 30.2 Å². The fraction of sp³-hybridized carbons (Fsp3) is 0.286. The van der Waals surface area contributed by atoms with Crippen molar-refractivity contribution in [2.45, 2.75) is 27.7 Å². The lowest BCUT2D eigenvalue weighted by Crippen LogP contribution is -1.86. The molecule has 0 amide bonds. The zero-order valence-electron chi connectivity index (χ0n) is 11.3. The standard InChI is InChI=1S/C12H13N3S.C2H6/c1-4-13-12-8-10(14-15(12)5-2)11-7-6-9(3)16-11;1-2/h4-8H,2H2,1,3H3;1-2H3/b13-4-;. The quantitative estimate of drug-likeness (QED) is 0.732. The second-order valence-corrected chi connectivity index (χ2v) is 4.60. The highest BCUT2D eigenvalue weighted by molar-refractivity contribution is 7.15. The molecule has 2 rings (SSSR count). The van der Waals surface area contributed by atoms with Crippen molar-refractivity contribution in [3.8, 4) is 10.6 Å². The van der Waals surface area contributed by atoms with Crippen LogP contribution in [0.15, 0.2) is 29.8 Å². The van der Waals surface area contributed by atoms with Crippen LogP contribution in [0.3, 0.4) is 0 Å². The Balaban J connectivity index is 0.000000771. The largest absolute Gasteiger partial charge is 0.242 e. The average Bonchev–Trinajstić information content (AvgIpc) is 2.98. The Morgan fingerprint density at radius 2 is 2.11 bits per heavy atom. The van der Waals surface area contributed by atoms with Gasteiger partial charge in [0.25, 0.3) is 0 Å². The lowest BCUT2D eigenvalue weighted by molar-refractivity contribution is 0.940. The van der Waals surface area contributed by atoms with Gasteiger partial charge in [0, 0.05) is 23.4 Å². The lowest BCUT2D eigenvalue weighted by atomic mass is 10.3. The van der Waals surface area contributed by atoms with Crippen LogP contribution in [0.5, 0.6) is 0 Å². The minimum absolute atomic E-state index is 0.804. The third kappa shape index (κ3) is 3.17. The molecule has 0 fully saturated rings. The highest BCUT2D eigenvalue weighted by atomic mass is 32.1. The molecule has 0 atom stereocenters. The van der Waals surface area contributed by atoms with Crippen LogP contribution in [0.1, 0.15) is 25.6 Å². The van der Waals surface area contributed by atoms with Crippen LogP contribution in [0.2, 0.25) is 0 Å². The fourth-order valence-corrected chi connectivity index (χ4v) is 2.26. The van der Waals surface area contributed by atoms with Gasteiger partial charge in [0.05, 0.1) is 4.88 Å². The Bertz CT molecular complexity index is 535. The predicted octanol–water partition coefficient (Wildman–Crippen LogP) is 4.77. The zero-order chi connectivity index (χ0) is 13.5. The molecule has 0 aromatic carbocycles. The van der Waals surface area contributed by atoms with E-state index >= 15 is 0 Å². The van der Waals surface area contributed by atoms with Crippen molar-refractivity contribution < 1.29 is 0 Å². The maximum atomic E-state index is 4.43. The third-order valence-electron chi connectivity index (χ3n) is 2.14. The maximum Gasteiger partial charge on any atom is 0.155 e. The molecule has 0 N–H and O–H groups in total. The van der Waals surface area contributed by atoms with Crippen molar-refractivity contribution in [1.29, 1.82) is 0 Å². The van der Waals surface area contributed by atoms with Crippen molar-refractivity contribution >= 4 is 29.6 Å². The van der Waals surface area contributed by atoms with E-state index in [2.05, 4.69) is 35.7 Å². The first-order valence-corrected chi connectivity index (χ1v) is 6.84.